The lowest BCUT2D eigenvalue weighted by Gasteiger charge is -2.32. The van der Waals surface area contributed by atoms with Crippen molar-refractivity contribution in [2.75, 3.05) is 13.1 Å². The van der Waals surface area contributed by atoms with Crippen LogP contribution in [0.25, 0.3) is 0 Å². The van der Waals surface area contributed by atoms with Crippen LogP contribution in [0.1, 0.15) is 78.8 Å². The van der Waals surface area contributed by atoms with E-state index in [1.807, 2.05) is 0 Å². The number of nitrogens with zero attached hydrogens (tertiary/aromatic N) is 3. The van der Waals surface area contributed by atoms with Gasteiger partial charge in [0.05, 0.1) is 18.8 Å². The van der Waals surface area contributed by atoms with Crippen LogP contribution in [-0.2, 0) is 44.8 Å². The maximum Gasteiger partial charge on any atom is 0.325 e. The highest BCUT2D eigenvalue weighted by Gasteiger charge is 2.40. The molecule has 1 aromatic heterocycles. The van der Waals surface area contributed by atoms with Gasteiger partial charge in [-0.25, -0.2) is 4.98 Å². The summed E-state index contributed by atoms with van der Waals surface area (Å²) in [5.41, 5.74) is 17.0. The number of nitrogens with two attached hydrogens (primary N) is 3. The lowest BCUT2D eigenvalue weighted by molar-refractivity contribution is -0.144. The summed E-state index contributed by atoms with van der Waals surface area (Å²) in [5.74, 6) is -8.20. The monoisotopic (exact) mass is 806 g/mol. The molecule has 6 amide bonds. The normalized spacial score (nSPS) is 17.5. The minimum absolute atomic E-state index is 0.0116. The number of imidazole rings is 1. The summed E-state index contributed by atoms with van der Waals surface area (Å²) in [4.78, 5) is 116. The van der Waals surface area contributed by atoms with Gasteiger partial charge in [0.15, 0.2) is 5.96 Å². The van der Waals surface area contributed by atoms with Gasteiger partial charge in [-0.15, -0.1) is 0 Å². The zero-order valence-electron chi connectivity index (χ0n) is 32.9. The molecule has 57 heavy (non-hydrogen) atoms. The molecule has 22 nitrogen and oxygen atoms in total. The van der Waals surface area contributed by atoms with Crippen LogP contribution in [0.4, 0.5) is 0 Å². The van der Waals surface area contributed by atoms with E-state index in [0.717, 1.165) is 0 Å². The zero-order valence-corrected chi connectivity index (χ0v) is 32.9. The minimum atomic E-state index is -1.47. The number of carbonyl (C=O) groups excluding carboxylic acids is 6. The molecule has 0 bridgehead atoms. The summed E-state index contributed by atoms with van der Waals surface area (Å²) in [7, 11) is 0. The van der Waals surface area contributed by atoms with Crippen molar-refractivity contribution in [3.63, 3.8) is 0 Å². The van der Waals surface area contributed by atoms with Crippen LogP contribution < -0.4 is 43.8 Å². The third-order valence-electron chi connectivity index (χ3n) is 9.51. The Morgan fingerprint density at radius 3 is 2.11 bits per heavy atom. The Bertz CT molecular complexity index is 1600. The molecule has 1 aromatic rings. The van der Waals surface area contributed by atoms with Gasteiger partial charge in [0, 0.05) is 31.4 Å². The maximum atomic E-state index is 14.1. The molecule has 0 aliphatic carbocycles. The number of H-pyrrole nitrogens is 1. The third kappa shape index (κ3) is 15.0. The van der Waals surface area contributed by atoms with E-state index < -0.39 is 108 Å². The number of carboxylic acid groups (broad SMARTS) is 2. The average molecular weight is 807 g/mol. The van der Waals surface area contributed by atoms with Gasteiger partial charge >= 0.3 is 11.9 Å². The van der Waals surface area contributed by atoms with Crippen molar-refractivity contribution in [2.45, 2.75) is 122 Å². The Morgan fingerprint density at radius 1 is 0.912 bits per heavy atom. The summed E-state index contributed by atoms with van der Waals surface area (Å²) in [6, 6.07) is -8.59. The Morgan fingerprint density at radius 2 is 1.54 bits per heavy atom. The molecule has 318 valence electrons. The van der Waals surface area contributed by atoms with E-state index in [-0.39, 0.29) is 44.7 Å². The van der Waals surface area contributed by atoms with Crippen LogP contribution >= 0.6 is 0 Å². The van der Waals surface area contributed by atoms with Gasteiger partial charge in [-0.05, 0) is 44.4 Å². The lowest BCUT2D eigenvalue weighted by Crippen LogP contribution is -2.61. The second-order valence-electron chi connectivity index (χ2n) is 14.4. The standard InChI is InChI=1S/C35H58N12O10/c1-6-18(4)27(32(54)44-23(13-20-15-39-16-41-20)33(55)47-12-8-10-24(47)30(52)42-19(5)34(56)57)46-31(53)26(17(2)3)45-29(51)22(9-7-11-40-35(37)38)43-28(50)21(36)14-25(48)49/h15-19,21-24,26-27H,6-14,36H2,1-5H3,(H,39,41)(H,42,52)(H,43,50)(H,44,54)(H,45,51)(H,46,53)(H,48,49)(H,56,57)(H4,37,38,40)/t18-,19-,21-,22-,23-,24-,26-,27-/m0/s1. The van der Waals surface area contributed by atoms with Gasteiger partial charge < -0.3 is 63.9 Å². The summed E-state index contributed by atoms with van der Waals surface area (Å²) >= 11 is 0. The molecular weight excluding hydrogens is 748 g/mol. The summed E-state index contributed by atoms with van der Waals surface area (Å²) in [5, 5.41) is 31.3. The zero-order chi connectivity index (χ0) is 43.0. The van der Waals surface area contributed by atoms with Gasteiger partial charge in [-0.2, -0.15) is 0 Å². The molecule has 1 aliphatic heterocycles. The van der Waals surface area contributed by atoms with E-state index in [0.29, 0.717) is 18.5 Å². The second kappa shape index (κ2) is 22.7. The number of aliphatic carboxylic acids is 2. The van der Waals surface area contributed by atoms with Crippen molar-refractivity contribution < 1.29 is 48.6 Å². The third-order valence-corrected chi connectivity index (χ3v) is 9.51. The molecule has 14 N–H and O–H groups in total. The fourth-order valence-corrected chi connectivity index (χ4v) is 6.02. The van der Waals surface area contributed by atoms with E-state index in [1.54, 1.807) is 27.7 Å². The lowest BCUT2D eigenvalue weighted by atomic mass is 9.95. The molecule has 0 unspecified atom stereocenters. The first kappa shape index (κ1) is 47.4. The van der Waals surface area contributed by atoms with Crippen molar-refractivity contribution in [3.05, 3.63) is 18.2 Å². The van der Waals surface area contributed by atoms with E-state index in [4.69, 9.17) is 22.3 Å². The second-order valence-corrected chi connectivity index (χ2v) is 14.4. The molecule has 0 radical (unpaired) electrons. The molecule has 0 saturated carbocycles. The van der Waals surface area contributed by atoms with E-state index >= 15 is 0 Å². The van der Waals surface area contributed by atoms with Gasteiger partial charge in [0.2, 0.25) is 35.4 Å². The van der Waals surface area contributed by atoms with Crippen LogP contribution in [0.2, 0.25) is 0 Å². The SMILES string of the molecule is CC[C@H](C)[C@H](NC(=O)[C@@H](NC(=O)[C@H](CCCN=C(N)N)NC(=O)[C@@H](N)CC(=O)O)C(C)C)C(=O)N[C@@H](Cc1cnc[nH]1)C(=O)N1CCC[C@H]1C(=O)N[C@@H](C)C(=O)O. The highest BCUT2D eigenvalue weighted by atomic mass is 16.4. The van der Waals surface area contributed by atoms with Crippen molar-refractivity contribution in [1.29, 1.82) is 0 Å². The number of aromatic nitrogens is 2. The molecule has 1 aliphatic rings. The Labute approximate surface area is 330 Å². The average Bonchev–Trinajstić information content (AvgIpc) is 3.85. The van der Waals surface area contributed by atoms with Gasteiger partial charge in [0.1, 0.15) is 36.3 Å². The van der Waals surface area contributed by atoms with E-state index in [2.05, 4.69) is 41.5 Å². The van der Waals surface area contributed by atoms with Gasteiger partial charge in [0.25, 0.3) is 0 Å². The number of hydrogen-bond donors (Lipinski definition) is 11. The predicted octanol–water partition coefficient (Wildman–Crippen LogP) is -2.97. The molecule has 1 fully saturated rings. The predicted molar refractivity (Wildman–Crippen MR) is 204 cm³/mol. The molecule has 22 heteroatoms. The first-order valence-corrected chi connectivity index (χ1v) is 18.8. The largest absolute Gasteiger partial charge is 0.481 e. The quantitative estimate of drug-likeness (QED) is 0.0299. The van der Waals surface area contributed by atoms with Crippen molar-refractivity contribution in [2.24, 2.45) is 34.0 Å². The van der Waals surface area contributed by atoms with Gasteiger partial charge in [-0.3, -0.25) is 43.3 Å². The summed E-state index contributed by atoms with van der Waals surface area (Å²) < 4.78 is 0. The number of nitrogens with one attached hydrogen (secondary N) is 6. The number of guanidine groups is 1. The number of amides is 6. The van der Waals surface area contributed by atoms with Gasteiger partial charge in [-0.1, -0.05) is 34.1 Å². The van der Waals surface area contributed by atoms with Crippen LogP contribution in [-0.4, -0.2) is 134 Å². The number of hydrogen-bond acceptors (Lipinski definition) is 11. The van der Waals surface area contributed by atoms with Crippen LogP contribution in [0.15, 0.2) is 17.5 Å². The summed E-state index contributed by atoms with van der Waals surface area (Å²) in [6.45, 7) is 8.39. The number of aromatic amines is 1. The molecular formula is C35H58N12O10. The highest BCUT2D eigenvalue weighted by molar-refractivity contribution is 5.97. The smallest absolute Gasteiger partial charge is 0.325 e. The Kier molecular flexibility index (Phi) is 18.8. The number of carbonyl (C=O) groups is 8. The minimum Gasteiger partial charge on any atom is -0.481 e. The number of carboxylic acids is 2. The molecule has 2 rings (SSSR count). The Hall–Kier alpha value is -5.80. The summed E-state index contributed by atoms with van der Waals surface area (Å²) in [6.07, 6.45) is 3.45. The fourth-order valence-electron chi connectivity index (χ4n) is 6.02. The van der Waals surface area contributed by atoms with Crippen molar-refractivity contribution >= 4 is 53.3 Å². The highest BCUT2D eigenvalue weighted by Crippen LogP contribution is 2.20. The topological polar surface area (TPSA) is 360 Å². The number of rotatable bonds is 23. The molecule has 8 atom stereocenters. The molecule has 0 aromatic carbocycles. The van der Waals surface area contributed by atoms with Crippen LogP contribution in [0.5, 0.6) is 0 Å². The first-order chi connectivity index (χ1) is 26.8. The first-order valence-electron chi connectivity index (χ1n) is 18.8. The molecule has 2 heterocycles. The van der Waals surface area contributed by atoms with Crippen molar-refractivity contribution in [1.82, 2.24) is 41.5 Å². The fraction of sp³-hybridized carbons (Fsp3) is 0.657. The van der Waals surface area contributed by atoms with E-state index in [9.17, 15) is 43.5 Å². The number of aliphatic imine (C=N–C) groups is 1. The van der Waals surface area contributed by atoms with Crippen molar-refractivity contribution in [3.8, 4) is 0 Å². The molecule has 0 spiro atoms. The maximum absolute atomic E-state index is 14.1. The molecule has 1 saturated heterocycles. The van der Waals surface area contributed by atoms with E-state index in [1.165, 1.54) is 24.3 Å². The van der Waals surface area contributed by atoms with Crippen LogP contribution in [0.3, 0.4) is 0 Å². The van der Waals surface area contributed by atoms with Crippen LogP contribution in [0, 0.1) is 11.8 Å². The Balaban J connectivity index is 2.33. The number of likely N-dealkylation sites (tertiary alicyclic amines) is 1.